The Morgan fingerprint density at radius 2 is 1.53 bits per heavy atom. The number of aliphatic hydroxyl groups excluding tert-OH is 1. The maximum absolute atomic E-state index is 14.5. The summed E-state index contributed by atoms with van der Waals surface area (Å²) in [5.74, 6) is -3.99. The first kappa shape index (κ1) is 51.5. The topological polar surface area (TPSA) is 232 Å². The second-order valence-electron chi connectivity index (χ2n) is 17.6. The lowest BCUT2D eigenvalue weighted by molar-refractivity contribution is -0.244. The lowest BCUT2D eigenvalue weighted by Crippen LogP contribution is -2.69. The average Bonchev–Trinajstić information content (AvgIpc) is 3.10. The molecule has 3 fully saturated rings. The summed E-state index contributed by atoms with van der Waals surface area (Å²) in [6.45, 7) is 22.7. The van der Waals surface area contributed by atoms with Crippen LogP contribution in [0.3, 0.4) is 0 Å². The number of alkyl carbamates (subject to hydrolysis) is 1. The molecule has 3 aliphatic carbocycles. The normalized spacial score (nSPS) is 28.9. The SMILES string of the molecule is CC.CC(=O)O.CC(=O)O[C@H]1C(=O)[C@@]2(C)C(C[C@]3(O)C[C@H](OC(=O)C[C@H](C=C(C)C)NC(=O)OC(C)(C)C)C(C)=C1C3(C)C)C1CO[C@@H]1C[C@@H]2O.O=C(O)c1ccccc1. The predicted molar refractivity (Wildman–Crippen MR) is 222 cm³/mol. The van der Waals surface area contributed by atoms with Gasteiger partial charge in [0, 0.05) is 38.0 Å². The van der Waals surface area contributed by atoms with Gasteiger partial charge in [-0.2, -0.15) is 0 Å². The molecule has 1 aliphatic heterocycles. The van der Waals surface area contributed by atoms with Crippen LogP contribution in [0.2, 0.25) is 0 Å². The molecular formula is C45H67NO14. The second kappa shape index (κ2) is 20.8. The van der Waals surface area contributed by atoms with E-state index in [2.05, 4.69) is 5.32 Å². The van der Waals surface area contributed by atoms with Crippen LogP contribution in [0.25, 0.3) is 0 Å². The number of aliphatic hydroxyl groups is 2. The third kappa shape index (κ3) is 12.5. The van der Waals surface area contributed by atoms with E-state index in [9.17, 15) is 34.2 Å². The Bertz CT molecular complexity index is 1770. The van der Waals surface area contributed by atoms with Crippen molar-refractivity contribution >= 4 is 35.8 Å². The molecule has 2 saturated carbocycles. The van der Waals surface area contributed by atoms with E-state index in [0.29, 0.717) is 23.3 Å². The lowest BCUT2D eigenvalue weighted by Gasteiger charge is -2.62. The highest BCUT2D eigenvalue weighted by atomic mass is 16.6. The van der Waals surface area contributed by atoms with E-state index < -0.39 is 88.1 Å². The number of aliphatic carboxylic acids is 1. The van der Waals surface area contributed by atoms with Crippen LogP contribution in [-0.2, 0) is 38.1 Å². The molecule has 5 rings (SSSR count). The molecule has 2 bridgehead atoms. The van der Waals surface area contributed by atoms with E-state index in [1.165, 1.54) is 6.92 Å². The highest BCUT2D eigenvalue weighted by Crippen LogP contribution is 2.61. The van der Waals surface area contributed by atoms with Gasteiger partial charge in [0.25, 0.3) is 5.97 Å². The highest BCUT2D eigenvalue weighted by Gasteiger charge is 2.67. The molecule has 60 heavy (non-hydrogen) atoms. The Kier molecular flexibility index (Phi) is 17.9. The van der Waals surface area contributed by atoms with E-state index >= 15 is 0 Å². The number of aromatic carboxylic acids is 1. The van der Waals surface area contributed by atoms with Gasteiger partial charge < -0.3 is 44.7 Å². The third-order valence-electron chi connectivity index (χ3n) is 11.5. The molecule has 1 aromatic carbocycles. The number of carboxylic acids is 2. The number of rotatable bonds is 7. The number of esters is 2. The first-order valence-electron chi connectivity index (χ1n) is 20.4. The molecule has 1 amide bonds. The quantitative estimate of drug-likeness (QED) is 0.113. The number of Topliss-reactive ketones (excluding diaryl/α,β-unsaturated/α-hetero) is 1. The number of ketones is 1. The maximum Gasteiger partial charge on any atom is 0.408 e. The van der Waals surface area contributed by atoms with E-state index in [1.54, 1.807) is 71.0 Å². The molecule has 0 aromatic heterocycles. The van der Waals surface area contributed by atoms with Crippen molar-refractivity contribution in [3.05, 3.63) is 58.7 Å². The summed E-state index contributed by atoms with van der Waals surface area (Å²) in [6, 6.07) is 7.58. The summed E-state index contributed by atoms with van der Waals surface area (Å²) >= 11 is 0. The van der Waals surface area contributed by atoms with Gasteiger partial charge in [-0.05, 0) is 84.1 Å². The van der Waals surface area contributed by atoms with E-state index in [0.717, 1.165) is 12.5 Å². The summed E-state index contributed by atoms with van der Waals surface area (Å²) in [5, 5.41) is 42.5. The Labute approximate surface area is 353 Å². The van der Waals surface area contributed by atoms with Gasteiger partial charge in [-0.1, -0.05) is 57.5 Å². The number of benzene rings is 1. The van der Waals surface area contributed by atoms with Crippen molar-refractivity contribution in [2.24, 2.45) is 22.7 Å². The molecule has 5 N–H and O–H groups in total. The number of hydrogen-bond acceptors (Lipinski definition) is 12. The standard InChI is InChI=1S/C34H51NO10.C7H6O2.C2H4O2.C2H6/c1-17(2)11-20(35-30(40)45-31(5,6)7)12-26(38)44-24-15-34(41)14-22-21-16-42-23(21)13-25(37)33(22,10)29(39)28(43-19(4)36)27(18(24)3)32(34,8)9;8-7(9)6-4-2-1-3-5-6;1-2(3)4;1-2/h11,20-25,28,37,41H,12-16H2,1-10H3,(H,35,40);1-5H,(H,8,9);1H3,(H,3,4);1-2H3/t20-,21?,22?,23+,24-,25-,28+,33-,34-;;;/m0.../s1. The average molecular weight is 846 g/mol. The molecule has 336 valence electrons. The third-order valence-corrected chi connectivity index (χ3v) is 11.5. The van der Waals surface area contributed by atoms with Crippen LogP contribution in [0, 0.1) is 22.7 Å². The predicted octanol–water partition coefficient (Wildman–Crippen LogP) is 6.43. The van der Waals surface area contributed by atoms with Gasteiger partial charge in [-0.3, -0.25) is 19.2 Å². The van der Waals surface area contributed by atoms with Gasteiger partial charge in [0.05, 0.1) is 47.9 Å². The number of carbonyl (C=O) groups is 6. The van der Waals surface area contributed by atoms with Crippen LogP contribution in [0.4, 0.5) is 4.79 Å². The number of ether oxygens (including phenoxy) is 4. The zero-order valence-electron chi connectivity index (χ0n) is 37.4. The summed E-state index contributed by atoms with van der Waals surface area (Å²) in [7, 11) is 0. The second-order valence-corrected chi connectivity index (χ2v) is 17.6. The van der Waals surface area contributed by atoms with Crippen molar-refractivity contribution in [3.8, 4) is 0 Å². The minimum atomic E-state index is -1.50. The Morgan fingerprint density at radius 1 is 0.967 bits per heavy atom. The minimum absolute atomic E-state index is 0.0375. The number of carboxylic acid groups (broad SMARTS) is 2. The number of carbonyl (C=O) groups excluding carboxylic acids is 4. The van der Waals surface area contributed by atoms with Crippen molar-refractivity contribution in [2.45, 2.75) is 157 Å². The fraction of sp³-hybridized carbons (Fsp3) is 0.644. The van der Waals surface area contributed by atoms with Crippen molar-refractivity contribution in [1.82, 2.24) is 5.32 Å². The first-order valence-corrected chi connectivity index (χ1v) is 20.4. The van der Waals surface area contributed by atoms with Crippen LogP contribution < -0.4 is 5.32 Å². The van der Waals surface area contributed by atoms with Crippen LogP contribution >= 0.6 is 0 Å². The molecule has 15 heteroatoms. The van der Waals surface area contributed by atoms with Gasteiger partial charge in [-0.15, -0.1) is 0 Å². The van der Waals surface area contributed by atoms with Crippen molar-refractivity contribution < 1.29 is 68.1 Å². The molecular weight excluding hydrogens is 778 g/mol. The van der Waals surface area contributed by atoms with Crippen LogP contribution in [0.1, 0.15) is 126 Å². The number of amides is 1. The van der Waals surface area contributed by atoms with Crippen LogP contribution in [0.5, 0.6) is 0 Å². The fourth-order valence-corrected chi connectivity index (χ4v) is 8.50. The molecule has 15 nitrogen and oxygen atoms in total. The molecule has 4 aliphatic rings. The summed E-state index contributed by atoms with van der Waals surface area (Å²) in [4.78, 5) is 72.2. The van der Waals surface area contributed by atoms with Gasteiger partial charge in [0.15, 0.2) is 11.9 Å². The molecule has 1 heterocycles. The molecule has 9 atom stereocenters. The van der Waals surface area contributed by atoms with Gasteiger partial charge >= 0.3 is 24.0 Å². The Morgan fingerprint density at radius 3 is 1.98 bits per heavy atom. The molecule has 0 radical (unpaired) electrons. The molecule has 1 aromatic rings. The van der Waals surface area contributed by atoms with E-state index in [4.69, 9.17) is 34.0 Å². The number of fused-ring (bicyclic) bond motifs is 5. The number of allylic oxidation sites excluding steroid dienone is 1. The van der Waals surface area contributed by atoms with E-state index in [1.807, 2.05) is 41.5 Å². The maximum atomic E-state index is 14.5. The van der Waals surface area contributed by atoms with Crippen molar-refractivity contribution in [1.29, 1.82) is 0 Å². The van der Waals surface area contributed by atoms with Crippen molar-refractivity contribution in [2.75, 3.05) is 6.61 Å². The van der Waals surface area contributed by atoms with Gasteiger partial charge in [-0.25, -0.2) is 9.59 Å². The van der Waals surface area contributed by atoms with E-state index in [-0.39, 0.29) is 37.7 Å². The Hall–Kier alpha value is -4.60. The number of hydrogen-bond donors (Lipinski definition) is 5. The summed E-state index contributed by atoms with van der Waals surface area (Å²) < 4.78 is 22.9. The van der Waals surface area contributed by atoms with Crippen LogP contribution in [0.15, 0.2) is 53.1 Å². The van der Waals surface area contributed by atoms with Gasteiger partial charge in [0.1, 0.15) is 11.7 Å². The molecule has 0 spiro atoms. The lowest BCUT2D eigenvalue weighted by atomic mass is 9.47. The first-order chi connectivity index (χ1) is 27.6. The summed E-state index contributed by atoms with van der Waals surface area (Å²) in [6.07, 6.45) is -2.29. The monoisotopic (exact) mass is 845 g/mol. The fourth-order valence-electron chi connectivity index (χ4n) is 8.50. The minimum Gasteiger partial charge on any atom is -0.481 e. The zero-order valence-corrected chi connectivity index (χ0v) is 37.4. The zero-order chi connectivity index (χ0) is 46.1. The molecule has 2 unspecified atom stereocenters. The largest absolute Gasteiger partial charge is 0.481 e. The summed E-state index contributed by atoms with van der Waals surface area (Å²) in [5.41, 5.74) is -2.49. The van der Waals surface area contributed by atoms with Crippen LogP contribution in [-0.4, -0.2) is 104 Å². The van der Waals surface area contributed by atoms with Gasteiger partial charge in [0.2, 0.25) is 0 Å². The molecule has 1 saturated heterocycles. The smallest absolute Gasteiger partial charge is 0.408 e. The number of nitrogens with one attached hydrogen (secondary N) is 1. The highest BCUT2D eigenvalue weighted by molar-refractivity contribution is 5.94. The Balaban J connectivity index is 0.000000701. The van der Waals surface area contributed by atoms with Crippen molar-refractivity contribution in [3.63, 3.8) is 0 Å².